The number of hydrogen-bond donors (Lipinski definition) is 2. The second-order valence-electron chi connectivity index (χ2n) is 4.86. The van der Waals surface area contributed by atoms with Crippen LogP contribution < -0.4 is 15.4 Å². The zero-order valence-corrected chi connectivity index (χ0v) is 12.7. The molecule has 0 fully saturated rings. The molecule has 1 atom stereocenters. The lowest BCUT2D eigenvalue weighted by Gasteiger charge is -2.12. The van der Waals surface area contributed by atoms with Crippen LogP contribution in [0.5, 0.6) is 5.75 Å². The number of rotatable bonds is 9. The number of nitrogens with one attached hydrogen (secondary N) is 2. The van der Waals surface area contributed by atoms with Crippen LogP contribution in [0.2, 0.25) is 0 Å². The summed E-state index contributed by atoms with van der Waals surface area (Å²) in [6, 6.07) is 9.75. The Labute approximate surface area is 126 Å². The van der Waals surface area contributed by atoms with Gasteiger partial charge in [0.1, 0.15) is 11.8 Å². The van der Waals surface area contributed by atoms with Gasteiger partial charge in [-0.15, -0.1) is 0 Å². The number of carbonyl (C=O) groups is 1. The molecule has 2 N–H and O–H groups in total. The second-order valence-corrected chi connectivity index (χ2v) is 4.86. The first-order valence-corrected chi connectivity index (χ1v) is 7.25. The Morgan fingerprint density at radius 3 is 2.90 bits per heavy atom. The van der Waals surface area contributed by atoms with E-state index in [1.807, 2.05) is 44.2 Å². The second kappa shape index (κ2) is 9.78. The predicted octanol–water partition coefficient (Wildman–Crippen LogP) is 1.98. The molecule has 1 aromatic rings. The van der Waals surface area contributed by atoms with E-state index in [-0.39, 0.29) is 18.6 Å². The molecular weight excluding hydrogens is 266 g/mol. The molecule has 1 rings (SSSR count). The third-order valence-electron chi connectivity index (χ3n) is 3.13. The molecule has 0 saturated heterocycles. The molecule has 0 spiro atoms. The van der Waals surface area contributed by atoms with Crippen LogP contribution >= 0.6 is 0 Å². The maximum Gasteiger partial charge on any atom is 0.221 e. The standard InChI is InChI=1S/C16H23N3O2/c1-3-13(2)19-16(20)8-10-18-12-14-6-4-5-7-15(14)21-11-9-17/h4-7,13,18H,3,8,10-12H2,1-2H3,(H,19,20). The Hall–Kier alpha value is -2.06. The molecule has 0 aliphatic heterocycles. The smallest absolute Gasteiger partial charge is 0.221 e. The SMILES string of the molecule is CCC(C)NC(=O)CCNCc1ccccc1OCC#N. The monoisotopic (exact) mass is 289 g/mol. The molecule has 1 aromatic carbocycles. The van der Waals surface area contributed by atoms with Crippen LogP contribution in [-0.2, 0) is 11.3 Å². The van der Waals surface area contributed by atoms with Crippen LogP contribution in [0.1, 0.15) is 32.3 Å². The summed E-state index contributed by atoms with van der Waals surface area (Å²) in [5, 5.41) is 14.7. The third-order valence-corrected chi connectivity index (χ3v) is 3.13. The van der Waals surface area contributed by atoms with E-state index in [1.54, 1.807) is 0 Å². The molecule has 0 saturated carbocycles. The topological polar surface area (TPSA) is 74.2 Å². The number of amides is 1. The summed E-state index contributed by atoms with van der Waals surface area (Å²) < 4.78 is 5.35. The summed E-state index contributed by atoms with van der Waals surface area (Å²) in [5.41, 5.74) is 0.982. The highest BCUT2D eigenvalue weighted by molar-refractivity contribution is 5.76. The Morgan fingerprint density at radius 1 is 1.43 bits per heavy atom. The average molecular weight is 289 g/mol. The van der Waals surface area contributed by atoms with Gasteiger partial charge in [-0.05, 0) is 19.4 Å². The van der Waals surface area contributed by atoms with Crippen molar-refractivity contribution in [1.29, 1.82) is 5.26 Å². The van der Waals surface area contributed by atoms with Gasteiger partial charge in [0.05, 0.1) is 0 Å². The molecule has 5 nitrogen and oxygen atoms in total. The zero-order chi connectivity index (χ0) is 15.5. The van der Waals surface area contributed by atoms with Crippen LogP contribution in [0.15, 0.2) is 24.3 Å². The van der Waals surface area contributed by atoms with Crippen molar-refractivity contribution in [3.63, 3.8) is 0 Å². The molecule has 21 heavy (non-hydrogen) atoms. The molecule has 0 aliphatic carbocycles. The lowest BCUT2D eigenvalue weighted by Crippen LogP contribution is -2.33. The van der Waals surface area contributed by atoms with Crippen LogP contribution in [0, 0.1) is 11.3 Å². The van der Waals surface area contributed by atoms with Gasteiger partial charge in [0.25, 0.3) is 0 Å². The van der Waals surface area contributed by atoms with Crippen molar-refractivity contribution >= 4 is 5.91 Å². The molecule has 1 amide bonds. The fourth-order valence-electron chi connectivity index (χ4n) is 1.77. The van der Waals surface area contributed by atoms with Crippen molar-refractivity contribution in [1.82, 2.24) is 10.6 Å². The number of benzene rings is 1. The number of ether oxygens (including phenoxy) is 1. The first kappa shape index (κ1) is 17.0. The average Bonchev–Trinajstić information content (AvgIpc) is 2.50. The van der Waals surface area contributed by atoms with Crippen molar-refractivity contribution in [2.24, 2.45) is 0 Å². The summed E-state index contributed by atoms with van der Waals surface area (Å²) in [7, 11) is 0. The van der Waals surface area contributed by atoms with E-state index in [9.17, 15) is 4.79 Å². The Bertz CT molecular complexity index is 483. The van der Waals surface area contributed by atoms with Crippen LogP contribution in [0.25, 0.3) is 0 Å². The fourth-order valence-corrected chi connectivity index (χ4v) is 1.77. The molecule has 0 bridgehead atoms. The van der Waals surface area contributed by atoms with Crippen molar-refractivity contribution in [3.05, 3.63) is 29.8 Å². The first-order valence-electron chi connectivity index (χ1n) is 7.25. The van der Waals surface area contributed by atoms with E-state index in [0.717, 1.165) is 12.0 Å². The molecular formula is C16H23N3O2. The van der Waals surface area contributed by atoms with Gasteiger partial charge in [-0.3, -0.25) is 4.79 Å². The van der Waals surface area contributed by atoms with Gasteiger partial charge in [0.15, 0.2) is 6.61 Å². The van der Waals surface area contributed by atoms with Gasteiger partial charge < -0.3 is 15.4 Å². The summed E-state index contributed by atoms with van der Waals surface area (Å²) in [6.07, 6.45) is 1.38. The molecule has 1 unspecified atom stereocenters. The van der Waals surface area contributed by atoms with Gasteiger partial charge in [-0.2, -0.15) is 5.26 Å². The number of nitriles is 1. The van der Waals surface area contributed by atoms with E-state index in [4.69, 9.17) is 10.00 Å². The van der Waals surface area contributed by atoms with Gasteiger partial charge >= 0.3 is 0 Å². The molecule has 0 aliphatic rings. The Morgan fingerprint density at radius 2 is 2.19 bits per heavy atom. The van der Waals surface area contributed by atoms with Crippen LogP contribution in [-0.4, -0.2) is 25.1 Å². The largest absolute Gasteiger partial charge is 0.478 e. The van der Waals surface area contributed by atoms with E-state index >= 15 is 0 Å². The normalized spacial score (nSPS) is 11.5. The summed E-state index contributed by atoms with van der Waals surface area (Å²) in [5.74, 6) is 0.765. The van der Waals surface area contributed by atoms with Crippen molar-refractivity contribution in [2.75, 3.05) is 13.2 Å². The highest BCUT2D eigenvalue weighted by Crippen LogP contribution is 2.17. The van der Waals surface area contributed by atoms with E-state index in [0.29, 0.717) is 25.3 Å². The van der Waals surface area contributed by atoms with Gasteiger partial charge in [0.2, 0.25) is 5.91 Å². The van der Waals surface area contributed by atoms with E-state index in [2.05, 4.69) is 10.6 Å². The minimum Gasteiger partial charge on any atom is -0.478 e. The highest BCUT2D eigenvalue weighted by Gasteiger charge is 2.06. The summed E-state index contributed by atoms with van der Waals surface area (Å²) in [4.78, 5) is 11.6. The lowest BCUT2D eigenvalue weighted by atomic mass is 10.2. The fraction of sp³-hybridized carbons (Fsp3) is 0.500. The molecule has 0 heterocycles. The number of carbonyl (C=O) groups excluding carboxylic acids is 1. The Kier molecular flexibility index (Phi) is 7.92. The maximum atomic E-state index is 11.6. The number of hydrogen-bond acceptors (Lipinski definition) is 4. The molecule has 114 valence electrons. The number of nitrogens with zero attached hydrogens (tertiary/aromatic N) is 1. The number of para-hydroxylation sites is 1. The van der Waals surface area contributed by atoms with Crippen molar-refractivity contribution in [3.8, 4) is 11.8 Å². The molecule has 5 heteroatoms. The predicted molar refractivity (Wildman–Crippen MR) is 81.8 cm³/mol. The molecule has 0 aromatic heterocycles. The van der Waals surface area contributed by atoms with Crippen molar-refractivity contribution < 1.29 is 9.53 Å². The zero-order valence-electron chi connectivity index (χ0n) is 12.7. The lowest BCUT2D eigenvalue weighted by molar-refractivity contribution is -0.121. The van der Waals surface area contributed by atoms with Crippen LogP contribution in [0.4, 0.5) is 0 Å². The first-order chi connectivity index (χ1) is 10.2. The van der Waals surface area contributed by atoms with E-state index in [1.165, 1.54) is 0 Å². The molecule has 0 radical (unpaired) electrons. The van der Waals surface area contributed by atoms with Crippen molar-refractivity contribution in [2.45, 2.75) is 39.3 Å². The quantitative estimate of drug-likeness (QED) is 0.682. The van der Waals surface area contributed by atoms with E-state index < -0.39 is 0 Å². The summed E-state index contributed by atoms with van der Waals surface area (Å²) >= 11 is 0. The Balaban J connectivity index is 2.33. The van der Waals surface area contributed by atoms with Gasteiger partial charge in [-0.1, -0.05) is 25.1 Å². The van der Waals surface area contributed by atoms with Gasteiger partial charge in [0, 0.05) is 31.1 Å². The minimum atomic E-state index is 0.0360. The third kappa shape index (κ3) is 6.77. The minimum absolute atomic E-state index is 0.0360. The summed E-state index contributed by atoms with van der Waals surface area (Å²) in [6.45, 7) is 5.29. The maximum absolute atomic E-state index is 11.6. The van der Waals surface area contributed by atoms with Gasteiger partial charge in [-0.25, -0.2) is 0 Å². The highest BCUT2D eigenvalue weighted by atomic mass is 16.5. The van der Waals surface area contributed by atoms with Crippen LogP contribution in [0.3, 0.4) is 0 Å².